The largest absolute Gasteiger partial charge is 0.366 e. The summed E-state index contributed by atoms with van der Waals surface area (Å²) in [4.78, 5) is 23.4. The fourth-order valence-electron chi connectivity index (χ4n) is 1.31. The van der Waals surface area contributed by atoms with Crippen LogP contribution in [0.1, 0.15) is 5.56 Å². The summed E-state index contributed by atoms with van der Waals surface area (Å²) in [5.74, 6) is -0.412. The van der Waals surface area contributed by atoms with Gasteiger partial charge in [-0.1, -0.05) is 6.07 Å². The van der Waals surface area contributed by atoms with Gasteiger partial charge in [-0.15, -0.1) is 0 Å². The summed E-state index contributed by atoms with van der Waals surface area (Å²) in [5.41, 5.74) is 0.796. The highest BCUT2D eigenvalue weighted by Gasteiger charge is 2.02. The summed E-state index contributed by atoms with van der Waals surface area (Å²) in [5, 5.41) is 15.7. The average Bonchev–Trinajstić information content (AvgIpc) is 2.37. The second kappa shape index (κ2) is 7.75. The first-order chi connectivity index (χ1) is 9.11. The van der Waals surface area contributed by atoms with Crippen molar-refractivity contribution in [3.8, 4) is 0 Å². The molecule has 0 aliphatic carbocycles. The summed E-state index contributed by atoms with van der Waals surface area (Å²) < 4.78 is 12.6. The summed E-state index contributed by atoms with van der Waals surface area (Å²) in [6.07, 6.45) is 3.25. The first-order valence-corrected chi connectivity index (χ1v) is 5.49. The molecule has 1 rings (SSSR count). The zero-order chi connectivity index (χ0) is 14.1. The van der Waals surface area contributed by atoms with E-state index in [2.05, 4.69) is 15.6 Å². The van der Waals surface area contributed by atoms with E-state index in [-0.39, 0.29) is 12.4 Å². The molecule has 0 fully saturated rings. The Bertz CT molecular complexity index is 462. The Morgan fingerprint density at radius 2 is 2.26 bits per heavy atom. The second-order valence-corrected chi connectivity index (χ2v) is 3.54. The van der Waals surface area contributed by atoms with Crippen LogP contribution in [0.4, 0.5) is 4.39 Å². The van der Waals surface area contributed by atoms with Crippen LogP contribution in [0, 0.1) is 16.1 Å². The molecule has 0 spiro atoms. The number of hydrogen-bond donors (Lipinski definition) is 2. The molecule has 0 saturated carbocycles. The molecule has 0 amide bonds. The van der Waals surface area contributed by atoms with Crippen molar-refractivity contribution in [1.29, 1.82) is 0 Å². The molecular formula is C11H13FN4O3. The maximum absolute atomic E-state index is 12.6. The Morgan fingerprint density at radius 3 is 2.84 bits per heavy atom. The third-order valence-electron chi connectivity index (χ3n) is 2.13. The van der Waals surface area contributed by atoms with Gasteiger partial charge in [0.25, 0.3) is 6.20 Å². The van der Waals surface area contributed by atoms with Crippen molar-refractivity contribution < 1.29 is 14.1 Å². The predicted molar refractivity (Wildman–Crippen MR) is 65.0 cm³/mol. The third kappa shape index (κ3) is 6.10. The average molecular weight is 268 g/mol. The van der Waals surface area contributed by atoms with Crippen LogP contribution >= 0.6 is 0 Å². The van der Waals surface area contributed by atoms with Crippen LogP contribution in [0.3, 0.4) is 0 Å². The minimum atomic E-state index is -0.625. The Hall–Kier alpha value is -2.51. The van der Waals surface area contributed by atoms with Crippen molar-refractivity contribution in [3.63, 3.8) is 0 Å². The number of rotatable bonds is 8. The van der Waals surface area contributed by atoms with E-state index in [9.17, 15) is 19.3 Å². The maximum Gasteiger partial charge on any atom is 0.274 e. The lowest BCUT2D eigenvalue weighted by atomic mass is 10.2. The lowest BCUT2D eigenvalue weighted by molar-refractivity contribution is -0.404. The highest BCUT2D eigenvalue weighted by atomic mass is 19.1. The Labute approximate surface area is 108 Å². The molecule has 0 aromatic carbocycles. The van der Waals surface area contributed by atoms with E-state index in [1.165, 1.54) is 12.3 Å². The maximum atomic E-state index is 12.6. The molecule has 0 saturated heterocycles. The number of nitrogens with one attached hydrogen (secondary N) is 2. The lowest BCUT2D eigenvalue weighted by Gasteiger charge is -2.09. The molecular weight excluding hydrogens is 255 g/mol. The number of halogens is 1. The number of aromatic nitrogens is 1. The normalized spacial score (nSPS) is 10.9. The van der Waals surface area contributed by atoms with E-state index in [4.69, 9.17) is 0 Å². The highest BCUT2D eigenvalue weighted by Crippen LogP contribution is 1.99. The number of pyridine rings is 1. The van der Waals surface area contributed by atoms with Crippen LogP contribution in [0.5, 0.6) is 0 Å². The zero-order valence-corrected chi connectivity index (χ0v) is 10.0. The van der Waals surface area contributed by atoms with E-state index in [0.717, 1.165) is 11.8 Å². The molecule has 1 aromatic heterocycles. The van der Waals surface area contributed by atoms with Crippen LogP contribution in [0.15, 0.2) is 30.4 Å². The van der Waals surface area contributed by atoms with Gasteiger partial charge in [0.05, 0.1) is 11.5 Å². The summed E-state index contributed by atoms with van der Waals surface area (Å²) in [6.45, 7) is 0.365. The molecule has 0 atom stereocenters. The summed E-state index contributed by atoms with van der Waals surface area (Å²) >= 11 is 0. The standard InChI is InChI=1S/C11H13FN4O3/c12-10-2-1-9(7-15-10)3-4-13-11(8-16(18)19)14-5-6-17/h1-2,6-8,13-14H,3-5H2/b11-8-. The highest BCUT2D eigenvalue weighted by molar-refractivity contribution is 5.52. The molecule has 1 heterocycles. The predicted octanol–water partition coefficient (Wildman–Crippen LogP) is 0.217. The third-order valence-corrected chi connectivity index (χ3v) is 2.13. The Kier molecular flexibility index (Phi) is 5.93. The summed E-state index contributed by atoms with van der Waals surface area (Å²) in [6, 6.07) is 2.83. The lowest BCUT2D eigenvalue weighted by Crippen LogP contribution is -2.30. The fraction of sp³-hybridized carbons (Fsp3) is 0.273. The van der Waals surface area contributed by atoms with Gasteiger partial charge in [-0.3, -0.25) is 10.1 Å². The molecule has 0 radical (unpaired) electrons. The van der Waals surface area contributed by atoms with Gasteiger partial charge in [-0.2, -0.15) is 4.39 Å². The molecule has 0 aliphatic heterocycles. The number of nitrogens with zero attached hydrogens (tertiary/aromatic N) is 2. The van der Waals surface area contributed by atoms with Crippen molar-refractivity contribution in [1.82, 2.24) is 15.6 Å². The van der Waals surface area contributed by atoms with Crippen molar-refractivity contribution in [3.05, 3.63) is 52.0 Å². The van der Waals surface area contributed by atoms with Gasteiger partial charge in [0.2, 0.25) is 5.95 Å². The number of carbonyl (C=O) groups excluding carboxylic acids is 1. The Balaban J connectivity index is 2.45. The second-order valence-electron chi connectivity index (χ2n) is 3.54. The van der Waals surface area contributed by atoms with E-state index in [1.54, 1.807) is 6.07 Å². The molecule has 7 nitrogen and oxygen atoms in total. The molecule has 102 valence electrons. The van der Waals surface area contributed by atoms with Gasteiger partial charge in [-0.05, 0) is 18.1 Å². The van der Waals surface area contributed by atoms with Crippen molar-refractivity contribution in [2.24, 2.45) is 0 Å². The SMILES string of the molecule is O=CCN/C(=C\[N+](=O)[O-])NCCc1ccc(F)nc1. The number of nitro groups is 1. The van der Waals surface area contributed by atoms with Gasteiger partial charge >= 0.3 is 0 Å². The molecule has 2 N–H and O–H groups in total. The summed E-state index contributed by atoms with van der Waals surface area (Å²) in [7, 11) is 0. The van der Waals surface area contributed by atoms with Crippen molar-refractivity contribution >= 4 is 6.29 Å². The fourth-order valence-corrected chi connectivity index (χ4v) is 1.31. The van der Waals surface area contributed by atoms with E-state index < -0.39 is 10.9 Å². The minimum absolute atomic E-state index is 0.0230. The van der Waals surface area contributed by atoms with Crippen LogP contribution in [-0.4, -0.2) is 29.3 Å². The van der Waals surface area contributed by atoms with Gasteiger partial charge in [0.15, 0.2) is 5.82 Å². The van der Waals surface area contributed by atoms with E-state index >= 15 is 0 Å². The molecule has 0 aliphatic rings. The van der Waals surface area contributed by atoms with Crippen LogP contribution in [0.2, 0.25) is 0 Å². The van der Waals surface area contributed by atoms with Crippen LogP contribution in [-0.2, 0) is 11.2 Å². The smallest absolute Gasteiger partial charge is 0.274 e. The van der Waals surface area contributed by atoms with Crippen molar-refractivity contribution in [2.75, 3.05) is 13.1 Å². The van der Waals surface area contributed by atoms with Gasteiger partial charge in [0.1, 0.15) is 6.29 Å². The van der Waals surface area contributed by atoms with Gasteiger partial charge < -0.3 is 15.4 Å². The van der Waals surface area contributed by atoms with Crippen molar-refractivity contribution in [2.45, 2.75) is 6.42 Å². The molecule has 1 aromatic rings. The topological polar surface area (TPSA) is 97.2 Å². The van der Waals surface area contributed by atoms with Crippen LogP contribution < -0.4 is 10.6 Å². The zero-order valence-electron chi connectivity index (χ0n) is 10.0. The van der Waals surface area contributed by atoms with E-state index in [0.29, 0.717) is 19.3 Å². The van der Waals surface area contributed by atoms with Gasteiger partial charge in [0, 0.05) is 12.7 Å². The minimum Gasteiger partial charge on any atom is -0.366 e. The quantitative estimate of drug-likeness (QED) is 0.303. The van der Waals surface area contributed by atoms with Gasteiger partial charge in [-0.25, -0.2) is 4.98 Å². The molecule has 0 unspecified atom stereocenters. The van der Waals surface area contributed by atoms with Crippen LogP contribution in [0.25, 0.3) is 0 Å². The molecule has 8 heteroatoms. The Morgan fingerprint density at radius 1 is 1.47 bits per heavy atom. The number of aldehydes is 1. The van der Waals surface area contributed by atoms with E-state index in [1.807, 2.05) is 0 Å². The molecule has 0 bridgehead atoms. The first kappa shape index (κ1) is 14.6. The number of hydrogen-bond acceptors (Lipinski definition) is 6. The monoisotopic (exact) mass is 268 g/mol. The number of carbonyl (C=O) groups is 1. The first-order valence-electron chi connectivity index (χ1n) is 5.49. The molecule has 19 heavy (non-hydrogen) atoms.